The molecule has 0 aromatic heterocycles. The Bertz CT molecular complexity index is 402. The van der Waals surface area contributed by atoms with Crippen molar-refractivity contribution < 1.29 is 0 Å². The van der Waals surface area contributed by atoms with Crippen LogP contribution in [0.2, 0.25) is 0 Å². The first kappa shape index (κ1) is 12.2. The fourth-order valence-electron chi connectivity index (χ4n) is 3.72. The molecule has 0 heterocycles. The first-order valence-electron chi connectivity index (χ1n) is 7.42. The number of fused-ring (bicyclic) bond motifs is 1. The molecule has 3 N–H and O–H groups in total. The Kier molecular flexibility index (Phi) is 3.67. The van der Waals surface area contributed by atoms with Crippen molar-refractivity contribution in [3.8, 4) is 0 Å². The average molecular weight is 244 g/mol. The van der Waals surface area contributed by atoms with Crippen molar-refractivity contribution in [3.63, 3.8) is 0 Å². The van der Waals surface area contributed by atoms with Crippen LogP contribution >= 0.6 is 0 Å². The lowest BCUT2D eigenvalue weighted by Gasteiger charge is -2.31. The van der Waals surface area contributed by atoms with Crippen LogP contribution in [-0.2, 0) is 6.42 Å². The summed E-state index contributed by atoms with van der Waals surface area (Å²) < 4.78 is 0. The molecule has 0 spiro atoms. The largest absolute Gasteiger partial charge is 0.330 e. The van der Waals surface area contributed by atoms with Gasteiger partial charge in [0.15, 0.2) is 0 Å². The number of hydrogen-bond acceptors (Lipinski definition) is 2. The van der Waals surface area contributed by atoms with E-state index in [-0.39, 0.29) is 0 Å². The molecule has 1 saturated carbocycles. The quantitative estimate of drug-likeness (QED) is 0.858. The fourth-order valence-corrected chi connectivity index (χ4v) is 3.72. The molecule has 2 aliphatic rings. The molecule has 2 aliphatic carbocycles. The highest BCUT2D eigenvalue weighted by atomic mass is 15.0. The van der Waals surface area contributed by atoms with Gasteiger partial charge in [0.2, 0.25) is 0 Å². The summed E-state index contributed by atoms with van der Waals surface area (Å²) in [4.78, 5) is 0. The first-order valence-corrected chi connectivity index (χ1v) is 7.42. The van der Waals surface area contributed by atoms with E-state index in [0.29, 0.717) is 18.0 Å². The van der Waals surface area contributed by atoms with E-state index in [0.717, 1.165) is 6.54 Å². The molecule has 0 amide bonds. The third kappa shape index (κ3) is 2.32. The molecule has 0 saturated heterocycles. The van der Waals surface area contributed by atoms with Crippen LogP contribution in [0.3, 0.4) is 0 Å². The Morgan fingerprint density at radius 3 is 2.89 bits per heavy atom. The highest BCUT2D eigenvalue weighted by Crippen LogP contribution is 2.33. The zero-order chi connectivity index (χ0) is 12.4. The van der Waals surface area contributed by atoms with Crippen LogP contribution in [0, 0.1) is 5.92 Å². The molecule has 3 unspecified atom stereocenters. The summed E-state index contributed by atoms with van der Waals surface area (Å²) in [6.07, 6.45) is 7.80. The normalized spacial score (nSPS) is 31.3. The second kappa shape index (κ2) is 5.41. The molecule has 2 nitrogen and oxygen atoms in total. The Hall–Kier alpha value is -0.860. The van der Waals surface area contributed by atoms with Crippen LogP contribution in [-0.4, -0.2) is 12.6 Å². The van der Waals surface area contributed by atoms with Crippen molar-refractivity contribution in [2.24, 2.45) is 11.7 Å². The summed E-state index contributed by atoms with van der Waals surface area (Å²) in [5, 5.41) is 3.90. The van der Waals surface area contributed by atoms with E-state index in [1.165, 1.54) is 44.1 Å². The van der Waals surface area contributed by atoms with Crippen molar-refractivity contribution in [3.05, 3.63) is 35.4 Å². The molecule has 1 aromatic carbocycles. The number of nitrogens with one attached hydrogen (secondary N) is 1. The third-order valence-electron chi connectivity index (χ3n) is 4.75. The van der Waals surface area contributed by atoms with Gasteiger partial charge in [-0.25, -0.2) is 0 Å². The topological polar surface area (TPSA) is 38.0 Å². The summed E-state index contributed by atoms with van der Waals surface area (Å²) in [6, 6.07) is 10.1. The second-order valence-electron chi connectivity index (χ2n) is 5.84. The molecular formula is C16H24N2. The molecule has 98 valence electrons. The summed E-state index contributed by atoms with van der Waals surface area (Å²) >= 11 is 0. The molecule has 1 fully saturated rings. The van der Waals surface area contributed by atoms with Crippen molar-refractivity contribution in [2.75, 3.05) is 6.54 Å². The van der Waals surface area contributed by atoms with Crippen molar-refractivity contribution in [2.45, 2.75) is 50.6 Å². The van der Waals surface area contributed by atoms with Gasteiger partial charge in [0.05, 0.1) is 0 Å². The van der Waals surface area contributed by atoms with Gasteiger partial charge in [-0.15, -0.1) is 0 Å². The van der Waals surface area contributed by atoms with Crippen LogP contribution in [0.1, 0.15) is 49.3 Å². The van der Waals surface area contributed by atoms with Gasteiger partial charge >= 0.3 is 0 Å². The van der Waals surface area contributed by atoms with E-state index in [2.05, 4.69) is 29.6 Å². The van der Waals surface area contributed by atoms with Gasteiger partial charge < -0.3 is 11.1 Å². The van der Waals surface area contributed by atoms with E-state index >= 15 is 0 Å². The van der Waals surface area contributed by atoms with E-state index < -0.39 is 0 Å². The highest BCUT2D eigenvalue weighted by molar-refractivity contribution is 5.32. The van der Waals surface area contributed by atoms with Gasteiger partial charge in [-0.2, -0.15) is 0 Å². The summed E-state index contributed by atoms with van der Waals surface area (Å²) in [7, 11) is 0. The average Bonchev–Trinajstić information content (AvgIpc) is 2.86. The molecule has 1 aromatic rings. The van der Waals surface area contributed by atoms with Crippen LogP contribution in [0.4, 0.5) is 0 Å². The standard InChI is InChI=1S/C16H24N2/c17-11-13-7-4-9-15(13)18-16-10-3-6-12-5-1-2-8-14(12)16/h1-2,5,8,13,15-16,18H,3-4,6-7,9-11,17H2. The van der Waals surface area contributed by atoms with Crippen LogP contribution in [0.5, 0.6) is 0 Å². The van der Waals surface area contributed by atoms with Crippen molar-refractivity contribution in [1.82, 2.24) is 5.32 Å². The number of hydrogen-bond donors (Lipinski definition) is 2. The molecule has 0 aliphatic heterocycles. The number of benzene rings is 1. The minimum Gasteiger partial charge on any atom is -0.330 e. The van der Waals surface area contributed by atoms with Crippen LogP contribution in [0.25, 0.3) is 0 Å². The Morgan fingerprint density at radius 2 is 2.00 bits per heavy atom. The number of rotatable bonds is 3. The number of nitrogens with two attached hydrogens (primary N) is 1. The molecule has 0 radical (unpaired) electrons. The minimum atomic E-state index is 0.562. The summed E-state index contributed by atoms with van der Waals surface area (Å²) in [6.45, 7) is 0.839. The lowest BCUT2D eigenvalue weighted by molar-refractivity contribution is 0.340. The lowest BCUT2D eigenvalue weighted by Crippen LogP contribution is -2.39. The number of aryl methyl sites for hydroxylation is 1. The molecule has 3 atom stereocenters. The van der Waals surface area contributed by atoms with Gasteiger partial charge in [0.25, 0.3) is 0 Å². The Morgan fingerprint density at radius 1 is 1.11 bits per heavy atom. The SMILES string of the molecule is NCC1CCCC1NC1CCCc2ccccc21. The van der Waals surface area contributed by atoms with E-state index in [1.54, 1.807) is 5.56 Å². The zero-order valence-corrected chi connectivity index (χ0v) is 11.1. The maximum Gasteiger partial charge on any atom is 0.0325 e. The van der Waals surface area contributed by atoms with Gasteiger partial charge in [-0.05, 0) is 55.7 Å². The maximum absolute atomic E-state index is 5.88. The second-order valence-corrected chi connectivity index (χ2v) is 5.84. The van der Waals surface area contributed by atoms with Gasteiger partial charge in [-0.1, -0.05) is 30.7 Å². The van der Waals surface area contributed by atoms with E-state index in [1.807, 2.05) is 0 Å². The third-order valence-corrected chi connectivity index (χ3v) is 4.75. The van der Waals surface area contributed by atoms with Crippen molar-refractivity contribution in [1.29, 1.82) is 0 Å². The lowest BCUT2D eigenvalue weighted by atomic mass is 9.87. The van der Waals surface area contributed by atoms with Crippen LogP contribution in [0.15, 0.2) is 24.3 Å². The highest BCUT2D eigenvalue weighted by Gasteiger charge is 2.29. The Balaban J connectivity index is 1.74. The zero-order valence-electron chi connectivity index (χ0n) is 11.1. The molecule has 0 bridgehead atoms. The predicted molar refractivity (Wildman–Crippen MR) is 75.4 cm³/mol. The van der Waals surface area contributed by atoms with Gasteiger partial charge in [0.1, 0.15) is 0 Å². The summed E-state index contributed by atoms with van der Waals surface area (Å²) in [5.74, 6) is 0.694. The van der Waals surface area contributed by atoms with Crippen molar-refractivity contribution >= 4 is 0 Å². The first-order chi connectivity index (χ1) is 8.88. The predicted octanol–water partition coefficient (Wildman–Crippen LogP) is 2.78. The monoisotopic (exact) mass is 244 g/mol. The van der Waals surface area contributed by atoms with E-state index in [9.17, 15) is 0 Å². The molecule has 3 rings (SSSR count). The molecular weight excluding hydrogens is 220 g/mol. The smallest absolute Gasteiger partial charge is 0.0325 e. The minimum absolute atomic E-state index is 0.562. The summed E-state index contributed by atoms with van der Waals surface area (Å²) in [5.41, 5.74) is 8.96. The van der Waals surface area contributed by atoms with E-state index in [4.69, 9.17) is 5.73 Å². The maximum atomic E-state index is 5.88. The molecule has 2 heteroatoms. The van der Waals surface area contributed by atoms with Gasteiger partial charge in [0, 0.05) is 12.1 Å². The fraction of sp³-hybridized carbons (Fsp3) is 0.625. The van der Waals surface area contributed by atoms with Crippen LogP contribution < -0.4 is 11.1 Å². The Labute approximate surface area is 110 Å². The molecule has 18 heavy (non-hydrogen) atoms. The van der Waals surface area contributed by atoms with Gasteiger partial charge in [-0.3, -0.25) is 0 Å².